The first-order chi connectivity index (χ1) is 13.5. The van der Waals surface area contributed by atoms with Crippen molar-refractivity contribution in [2.75, 3.05) is 31.5 Å². The Morgan fingerprint density at radius 2 is 1.82 bits per heavy atom. The van der Waals surface area contributed by atoms with E-state index in [0.29, 0.717) is 23.7 Å². The number of hydrogen-bond acceptors (Lipinski definition) is 2. The lowest BCUT2D eigenvalue weighted by molar-refractivity contribution is 0.184. The summed E-state index contributed by atoms with van der Waals surface area (Å²) >= 11 is 0. The molecule has 6 heteroatoms. The molecule has 0 aromatic heterocycles. The van der Waals surface area contributed by atoms with Crippen LogP contribution >= 0.6 is 0 Å². The lowest BCUT2D eigenvalue weighted by Crippen LogP contribution is -2.40. The molecule has 2 aromatic carbocycles. The van der Waals surface area contributed by atoms with Gasteiger partial charge in [0.25, 0.3) is 0 Å². The number of carbonyl (C=O) groups excluding carboxylic acids is 1. The Morgan fingerprint density at radius 1 is 1.11 bits per heavy atom. The summed E-state index contributed by atoms with van der Waals surface area (Å²) in [6, 6.07) is 11.0. The van der Waals surface area contributed by atoms with Crippen molar-refractivity contribution >= 4 is 11.7 Å². The van der Waals surface area contributed by atoms with E-state index >= 15 is 0 Å². The van der Waals surface area contributed by atoms with Crippen LogP contribution < -0.4 is 10.6 Å². The first kappa shape index (κ1) is 20.3. The molecule has 150 valence electrons. The molecule has 0 spiro atoms. The van der Waals surface area contributed by atoms with Gasteiger partial charge >= 0.3 is 6.03 Å². The zero-order valence-corrected chi connectivity index (χ0v) is 16.2. The third-order valence-electron chi connectivity index (χ3n) is 5.32. The molecular weight excluding hydrogens is 360 g/mol. The Morgan fingerprint density at radius 3 is 2.50 bits per heavy atom. The topological polar surface area (TPSA) is 44.4 Å². The first-order valence-electron chi connectivity index (χ1n) is 9.77. The van der Waals surface area contributed by atoms with Gasteiger partial charge in [-0.1, -0.05) is 18.2 Å². The van der Waals surface area contributed by atoms with Crippen molar-refractivity contribution in [1.29, 1.82) is 0 Å². The summed E-state index contributed by atoms with van der Waals surface area (Å²) < 4.78 is 26.5. The molecule has 3 rings (SSSR count). The Labute approximate surface area is 164 Å². The van der Waals surface area contributed by atoms with Crippen LogP contribution in [-0.4, -0.2) is 37.1 Å². The Hall–Kier alpha value is -2.47. The summed E-state index contributed by atoms with van der Waals surface area (Å²) in [6.45, 7) is 5.26. The maximum atomic E-state index is 13.5. The minimum Gasteiger partial charge on any atom is -0.338 e. The van der Waals surface area contributed by atoms with Crippen molar-refractivity contribution in [1.82, 2.24) is 10.2 Å². The fraction of sp³-hybridized carbons (Fsp3) is 0.409. The monoisotopic (exact) mass is 387 g/mol. The van der Waals surface area contributed by atoms with Crippen LogP contribution in [0, 0.1) is 24.5 Å². The number of nitrogens with one attached hydrogen (secondary N) is 2. The van der Waals surface area contributed by atoms with Crippen LogP contribution in [0.2, 0.25) is 0 Å². The van der Waals surface area contributed by atoms with E-state index in [4.69, 9.17) is 0 Å². The largest absolute Gasteiger partial charge is 0.338 e. The Balaban J connectivity index is 1.34. The number of likely N-dealkylation sites (tertiary alicyclic amines) is 1. The van der Waals surface area contributed by atoms with Crippen LogP contribution in [0.4, 0.5) is 19.3 Å². The number of rotatable bonds is 6. The summed E-state index contributed by atoms with van der Waals surface area (Å²) in [6.07, 6.45) is 2.98. The highest BCUT2D eigenvalue weighted by Crippen LogP contribution is 2.17. The van der Waals surface area contributed by atoms with Crippen molar-refractivity contribution in [3.63, 3.8) is 0 Å². The van der Waals surface area contributed by atoms with Gasteiger partial charge in [0.05, 0.1) is 0 Å². The molecule has 1 heterocycles. The molecule has 0 aliphatic carbocycles. The van der Waals surface area contributed by atoms with E-state index in [1.165, 1.54) is 18.2 Å². The molecule has 0 saturated carbocycles. The van der Waals surface area contributed by atoms with Crippen LogP contribution in [0.15, 0.2) is 42.5 Å². The fourth-order valence-electron chi connectivity index (χ4n) is 3.44. The molecule has 1 fully saturated rings. The molecule has 2 amide bonds. The quantitative estimate of drug-likeness (QED) is 0.774. The number of aryl methyl sites for hydroxylation is 1. The van der Waals surface area contributed by atoms with Gasteiger partial charge in [0.1, 0.15) is 11.6 Å². The van der Waals surface area contributed by atoms with Gasteiger partial charge in [0.2, 0.25) is 0 Å². The van der Waals surface area contributed by atoms with Gasteiger partial charge in [0.15, 0.2) is 0 Å². The highest BCUT2D eigenvalue weighted by atomic mass is 19.1. The Kier molecular flexibility index (Phi) is 6.98. The number of piperidine rings is 1. The molecule has 0 atom stereocenters. The maximum Gasteiger partial charge on any atom is 0.319 e. The van der Waals surface area contributed by atoms with Crippen molar-refractivity contribution in [3.8, 4) is 0 Å². The van der Waals surface area contributed by atoms with Gasteiger partial charge < -0.3 is 15.5 Å². The van der Waals surface area contributed by atoms with E-state index in [2.05, 4.69) is 15.5 Å². The summed E-state index contributed by atoms with van der Waals surface area (Å²) in [4.78, 5) is 14.4. The van der Waals surface area contributed by atoms with Crippen LogP contribution in [-0.2, 0) is 6.42 Å². The molecule has 1 aliphatic rings. The van der Waals surface area contributed by atoms with Crippen LogP contribution in [0.5, 0.6) is 0 Å². The highest BCUT2D eigenvalue weighted by molar-refractivity contribution is 5.89. The molecule has 1 saturated heterocycles. The SMILES string of the molecule is Cc1ccc(NC(=O)NCC2CCN(CCc3ccc(F)cc3)CC2)cc1F. The number of amides is 2. The average molecular weight is 387 g/mol. The summed E-state index contributed by atoms with van der Waals surface area (Å²) in [7, 11) is 0. The van der Waals surface area contributed by atoms with Gasteiger partial charge in [-0.25, -0.2) is 13.6 Å². The third-order valence-corrected chi connectivity index (χ3v) is 5.32. The minimum absolute atomic E-state index is 0.200. The van der Waals surface area contributed by atoms with Crippen LogP contribution in [0.25, 0.3) is 0 Å². The van der Waals surface area contributed by atoms with E-state index in [1.54, 1.807) is 19.1 Å². The predicted octanol–water partition coefficient (Wildman–Crippen LogP) is 4.35. The zero-order chi connectivity index (χ0) is 19.9. The van der Waals surface area contributed by atoms with Gasteiger partial charge in [-0.05, 0) is 80.6 Å². The lowest BCUT2D eigenvalue weighted by atomic mass is 9.96. The second-order valence-electron chi connectivity index (χ2n) is 7.46. The van der Waals surface area contributed by atoms with Gasteiger partial charge in [-0.3, -0.25) is 0 Å². The number of urea groups is 1. The normalized spacial score (nSPS) is 15.4. The van der Waals surface area contributed by atoms with Gasteiger partial charge in [-0.2, -0.15) is 0 Å². The molecule has 28 heavy (non-hydrogen) atoms. The molecule has 2 aromatic rings. The summed E-state index contributed by atoms with van der Waals surface area (Å²) in [5.41, 5.74) is 2.16. The lowest BCUT2D eigenvalue weighted by Gasteiger charge is -2.32. The van der Waals surface area contributed by atoms with Crippen molar-refractivity contribution < 1.29 is 13.6 Å². The van der Waals surface area contributed by atoms with E-state index in [0.717, 1.165) is 44.5 Å². The maximum absolute atomic E-state index is 13.5. The molecule has 0 unspecified atom stereocenters. The van der Waals surface area contributed by atoms with Crippen LogP contribution in [0.3, 0.4) is 0 Å². The third kappa shape index (κ3) is 6.02. The van der Waals surface area contributed by atoms with E-state index in [9.17, 15) is 13.6 Å². The molecule has 0 bridgehead atoms. The van der Waals surface area contributed by atoms with Crippen molar-refractivity contribution in [2.24, 2.45) is 5.92 Å². The molecular formula is C22H27F2N3O. The number of hydrogen-bond donors (Lipinski definition) is 2. The van der Waals surface area contributed by atoms with Gasteiger partial charge in [-0.15, -0.1) is 0 Å². The summed E-state index contributed by atoms with van der Waals surface area (Å²) in [5.74, 6) is -0.0815. The van der Waals surface area contributed by atoms with Crippen LogP contribution in [0.1, 0.15) is 24.0 Å². The van der Waals surface area contributed by atoms with E-state index in [1.807, 2.05) is 12.1 Å². The van der Waals surface area contributed by atoms with E-state index < -0.39 is 0 Å². The number of benzene rings is 2. The standard InChI is InChI=1S/C22H27F2N3O/c1-16-2-7-20(14-21(16)24)26-22(28)25-15-18-9-12-27(13-10-18)11-8-17-3-5-19(23)6-4-17/h2-7,14,18H,8-13,15H2,1H3,(H2,25,26,28). The second-order valence-corrected chi connectivity index (χ2v) is 7.46. The zero-order valence-electron chi connectivity index (χ0n) is 16.2. The van der Waals surface area contributed by atoms with Gasteiger partial charge in [0, 0.05) is 18.8 Å². The van der Waals surface area contributed by atoms with Crippen molar-refractivity contribution in [3.05, 3.63) is 65.2 Å². The first-order valence-corrected chi connectivity index (χ1v) is 9.77. The number of anilines is 1. The fourth-order valence-corrected chi connectivity index (χ4v) is 3.44. The molecule has 2 N–H and O–H groups in total. The smallest absolute Gasteiger partial charge is 0.319 e. The number of carbonyl (C=O) groups is 1. The van der Waals surface area contributed by atoms with E-state index in [-0.39, 0.29) is 17.7 Å². The number of nitrogens with zero attached hydrogens (tertiary/aromatic N) is 1. The molecule has 0 radical (unpaired) electrons. The Bertz CT molecular complexity index is 787. The minimum atomic E-state index is -0.328. The molecule has 4 nitrogen and oxygen atoms in total. The number of halogens is 2. The average Bonchev–Trinajstić information content (AvgIpc) is 2.69. The second kappa shape index (κ2) is 9.64. The summed E-state index contributed by atoms with van der Waals surface area (Å²) in [5, 5.41) is 5.56. The van der Waals surface area contributed by atoms with Crippen molar-refractivity contribution in [2.45, 2.75) is 26.2 Å². The molecule has 1 aliphatic heterocycles. The highest BCUT2D eigenvalue weighted by Gasteiger charge is 2.19. The predicted molar refractivity (Wildman–Crippen MR) is 107 cm³/mol.